The normalized spacial score (nSPS) is 12.4. The average molecular weight is 226 g/mol. The van der Waals surface area contributed by atoms with Gasteiger partial charge in [-0.05, 0) is 24.3 Å². The Labute approximate surface area is 94.7 Å². The molecule has 0 radical (unpaired) electrons. The van der Waals surface area contributed by atoms with Gasteiger partial charge in [-0.3, -0.25) is 4.79 Å². The summed E-state index contributed by atoms with van der Waals surface area (Å²) in [7, 11) is 0. The van der Waals surface area contributed by atoms with Gasteiger partial charge in [0, 0.05) is 11.4 Å². The van der Waals surface area contributed by atoms with Gasteiger partial charge < -0.3 is 11.1 Å². The van der Waals surface area contributed by atoms with Crippen LogP contribution in [0.3, 0.4) is 0 Å². The first-order valence-corrected chi connectivity index (χ1v) is 6.17. The van der Waals surface area contributed by atoms with Gasteiger partial charge in [-0.2, -0.15) is 0 Å². The molecule has 1 heterocycles. The van der Waals surface area contributed by atoms with Crippen LogP contribution in [0.2, 0.25) is 0 Å². The number of nitrogens with two attached hydrogens (primary N) is 1. The number of carbonyl (C=O) groups excluding carboxylic acids is 1. The van der Waals surface area contributed by atoms with E-state index in [1.54, 1.807) is 11.3 Å². The Morgan fingerprint density at radius 1 is 1.67 bits per heavy atom. The third kappa shape index (κ3) is 4.44. The van der Waals surface area contributed by atoms with Gasteiger partial charge in [0.25, 0.3) is 0 Å². The molecule has 0 aliphatic carbocycles. The maximum absolute atomic E-state index is 11.4. The van der Waals surface area contributed by atoms with Crippen LogP contribution in [0, 0.1) is 0 Å². The summed E-state index contributed by atoms with van der Waals surface area (Å²) in [5.74, 6) is -0.0339. The van der Waals surface area contributed by atoms with Crippen LogP contribution in [0.4, 0.5) is 0 Å². The first-order valence-electron chi connectivity index (χ1n) is 5.29. The summed E-state index contributed by atoms with van der Waals surface area (Å²) in [5.41, 5.74) is 5.68. The van der Waals surface area contributed by atoms with E-state index in [0.29, 0.717) is 6.54 Å². The molecule has 1 rings (SSSR count). The number of carbonyl (C=O) groups is 1. The van der Waals surface area contributed by atoms with Gasteiger partial charge in [-0.1, -0.05) is 19.4 Å². The first kappa shape index (κ1) is 12.2. The van der Waals surface area contributed by atoms with Crippen molar-refractivity contribution in [2.75, 3.05) is 6.54 Å². The second-order valence-corrected chi connectivity index (χ2v) is 4.55. The van der Waals surface area contributed by atoms with Crippen LogP contribution in [-0.4, -0.2) is 18.5 Å². The zero-order chi connectivity index (χ0) is 11.1. The summed E-state index contributed by atoms with van der Waals surface area (Å²) in [6.45, 7) is 2.70. The first-order chi connectivity index (χ1) is 7.24. The SMILES string of the molecule is CCCC(N)C(=O)NCCc1cccs1. The van der Waals surface area contributed by atoms with Crippen LogP contribution < -0.4 is 11.1 Å². The highest BCUT2D eigenvalue weighted by atomic mass is 32.1. The number of amides is 1. The highest BCUT2D eigenvalue weighted by molar-refractivity contribution is 7.09. The number of rotatable bonds is 6. The molecule has 0 saturated heterocycles. The molecule has 0 fully saturated rings. The fraction of sp³-hybridized carbons (Fsp3) is 0.545. The number of nitrogens with one attached hydrogen (secondary N) is 1. The molecule has 84 valence electrons. The summed E-state index contributed by atoms with van der Waals surface area (Å²) in [6.07, 6.45) is 2.59. The molecule has 0 saturated carbocycles. The summed E-state index contributed by atoms with van der Waals surface area (Å²) < 4.78 is 0. The minimum absolute atomic E-state index is 0.0339. The predicted molar refractivity (Wildman–Crippen MR) is 63.9 cm³/mol. The summed E-state index contributed by atoms with van der Waals surface area (Å²) in [6, 6.07) is 3.74. The maximum Gasteiger partial charge on any atom is 0.236 e. The minimum atomic E-state index is -0.349. The summed E-state index contributed by atoms with van der Waals surface area (Å²) in [5, 5.41) is 4.89. The van der Waals surface area contributed by atoms with E-state index in [9.17, 15) is 4.79 Å². The largest absolute Gasteiger partial charge is 0.354 e. The third-order valence-corrected chi connectivity index (χ3v) is 3.12. The van der Waals surface area contributed by atoms with Crippen LogP contribution in [0.25, 0.3) is 0 Å². The van der Waals surface area contributed by atoms with Gasteiger partial charge in [0.05, 0.1) is 6.04 Å². The van der Waals surface area contributed by atoms with Crippen LogP contribution in [0.5, 0.6) is 0 Å². The van der Waals surface area contributed by atoms with Crippen molar-refractivity contribution in [1.29, 1.82) is 0 Å². The molecule has 0 bridgehead atoms. The Kier molecular flexibility index (Phi) is 5.36. The predicted octanol–water partition coefficient (Wildman–Crippen LogP) is 1.53. The van der Waals surface area contributed by atoms with Crippen molar-refractivity contribution in [2.45, 2.75) is 32.2 Å². The van der Waals surface area contributed by atoms with Crippen molar-refractivity contribution in [2.24, 2.45) is 5.73 Å². The van der Waals surface area contributed by atoms with Crippen LogP contribution in [0.1, 0.15) is 24.6 Å². The minimum Gasteiger partial charge on any atom is -0.354 e. The van der Waals surface area contributed by atoms with E-state index in [1.807, 2.05) is 18.4 Å². The van der Waals surface area contributed by atoms with E-state index in [-0.39, 0.29) is 11.9 Å². The molecule has 0 aliphatic heterocycles. The van der Waals surface area contributed by atoms with Crippen LogP contribution in [0.15, 0.2) is 17.5 Å². The average Bonchev–Trinajstić information content (AvgIpc) is 2.71. The molecule has 1 aromatic heterocycles. The Hall–Kier alpha value is -0.870. The van der Waals surface area contributed by atoms with Gasteiger partial charge in [-0.15, -0.1) is 11.3 Å². The van der Waals surface area contributed by atoms with Crippen molar-refractivity contribution in [3.8, 4) is 0 Å². The summed E-state index contributed by atoms with van der Waals surface area (Å²) in [4.78, 5) is 12.7. The maximum atomic E-state index is 11.4. The van der Waals surface area contributed by atoms with E-state index in [4.69, 9.17) is 5.73 Å². The summed E-state index contributed by atoms with van der Waals surface area (Å²) >= 11 is 1.71. The Bertz CT molecular complexity index is 285. The van der Waals surface area contributed by atoms with E-state index < -0.39 is 0 Å². The van der Waals surface area contributed by atoms with Gasteiger partial charge in [0.2, 0.25) is 5.91 Å². The van der Waals surface area contributed by atoms with E-state index in [1.165, 1.54) is 4.88 Å². The Morgan fingerprint density at radius 3 is 3.07 bits per heavy atom. The molecular weight excluding hydrogens is 208 g/mol. The lowest BCUT2D eigenvalue weighted by Gasteiger charge is -2.10. The molecule has 15 heavy (non-hydrogen) atoms. The molecule has 0 spiro atoms. The van der Waals surface area contributed by atoms with E-state index in [2.05, 4.69) is 11.4 Å². The molecule has 1 amide bonds. The fourth-order valence-electron chi connectivity index (χ4n) is 1.34. The number of hydrogen-bond donors (Lipinski definition) is 2. The second kappa shape index (κ2) is 6.58. The number of thiophene rings is 1. The van der Waals surface area contributed by atoms with Crippen molar-refractivity contribution in [3.63, 3.8) is 0 Å². The third-order valence-electron chi connectivity index (χ3n) is 2.19. The van der Waals surface area contributed by atoms with Crippen molar-refractivity contribution in [1.82, 2.24) is 5.32 Å². The van der Waals surface area contributed by atoms with Crippen molar-refractivity contribution in [3.05, 3.63) is 22.4 Å². The zero-order valence-electron chi connectivity index (χ0n) is 9.03. The van der Waals surface area contributed by atoms with Gasteiger partial charge in [0.15, 0.2) is 0 Å². The number of hydrogen-bond acceptors (Lipinski definition) is 3. The smallest absolute Gasteiger partial charge is 0.236 e. The van der Waals surface area contributed by atoms with Gasteiger partial charge in [-0.25, -0.2) is 0 Å². The molecule has 3 N–H and O–H groups in total. The highest BCUT2D eigenvalue weighted by Gasteiger charge is 2.10. The van der Waals surface area contributed by atoms with Gasteiger partial charge >= 0.3 is 0 Å². The van der Waals surface area contributed by atoms with E-state index in [0.717, 1.165) is 19.3 Å². The molecule has 4 heteroatoms. The lowest BCUT2D eigenvalue weighted by atomic mass is 10.1. The standard InChI is InChI=1S/C11H18N2OS/c1-2-4-10(12)11(14)13-7-6-9-5-3-8-15-9/h3,5,8,10H,2,4,6-7,12H2,1H3,(H,13,14). The lowest BCUT2D eigenvalue weighted by molar-refractivity contribution is -0.122. The molecule has 3 nitrogen and oxygen atoms in total. The lowest BCUT2D eigenvalue weighted by Crippen LogP contribution is -2.41. The molecule has 1 aromatic rings. The van der Waals surface area contributed by atoms with Crippen LogP contribution >= 0.6 is 11.3 Å². The molecular formula is C11H18N2OS. The zero-order valence-corrected chi connectivity index (χ0v) is 9.85. The van der Waals surface area contributed by atoms with E-state index >= 15 is 0 Å². The molecule has 0 aliphatic rings. The van der Waals surface area contributed by atoms with Crippen molar-refractivity contribution < 1.29 is 4.79 Å². The second-order valence-electron chi connectivity index (χ2n) is 3.52. The molecule has 1 unspecified atom stereocenters. The molecule has 1 atom stereocenters. The van der Waals surface area contributed by atoms with Crippen molar-refractivity contribution >= 4 is 17.2 Å². The topological polar surface area (TPSA) is 55.1 Å². The fourth-order valence-corrected chi connectivity index (χ4v) is 2.05. The Balaban J connectivity index is 2.17. The Morgan fingerprint density at radius 2 is 2.47 bits per heavy atom. The van der Waals surface area contributed by atoms with Gasteiger partial charge in [0.1, 0.15) is 0 Å². The van der Waals surface area contributed by atoms with Crippen LogP contribution in [-0.2, 0) is 11.2 Å². The quantitative estimate of drug-likeness (QED) is 0.773. The monoisotopic (exact) mass is 226 g/mol. The highest BCUT2D eigenvalue weighted by Crippen LogP contribution is 2.08. The molecule has 0 aromatic carbocycles.